The molecule has 0 bridgehead atoms. The SMILES string of the molecule is Cc1c[c-](C)cc(C)c1=[n+]1cc[n+](=c2c(C)c[c-](C)cc2C)[cH-]1.[Cl][In]. The monoisotopic (exact) mass is 455 g/mol. The van der Waals surface area contributed by atoms with Crippen LogP contribution in [0.5, 0.6) is 0 Å². The van der Waals surface area contributed by atoms with E-state index in [1.807, 2.05) is 0 Å². The van der Waals surface area contributed by atoms with Crippen LogP contribution in [-0.4, -0.2) is 23.2 Å². The van der Waals surface area contributed by atoms with Crippen molar-refractivity contribution in [2.75, 3.05) is 0 Å². The topological polar surface area (TPSA) is 11.8 Å². The van der Waals surface area contributed by atoms with Crippen LogP contribution in [0.4, 0.5) is 0 Å². The molecular weight excluding hydrogens is 431 g/mol. The molecule has 0 saturated heterocycles. The van der Waals surface area contributed by atoms with Gasteiger partial charge in [0.2, 0.25) is 0 Å². The van der Waals surface area contributed by atoms with Crippen molar-refractivity contribution < 1.29 is 8.49 Å². The third-order valence-electron chi connectivity index (χ3n) is 4.42. The van der Waals surface area contributed by atoms with Gasteiger partial charge in [-0.25, -0.2) is 8.49 Å². The van der Waals surface area contributed by atoms with Gasteiger partial charge in [-0.3, -0.25) is 0 Å². The number of rotatable bonds is 0. The first kappa shape index (κ1) is 20.1. The molecule has 2 aromatic carbocycles. The summed E-state index contributed by atoms with van der Waals surface area (Å²) in [4.78, 5) is 0. The second kappa shape index (κ2) is 8.46. The van der Waals surface area contributed by atoms with E-state index in [1.54, 1.807) is 0 Å². The van der Waals surface area contributed by atoms with Crippen molar-refractivity contribution in [2.45, 2.75) is 41.5 Å². The summed E-state index contributed by atoms with van der Waals surface area (Å²) in [5, 5.41) is 2.55. The van der Waals surface area contributed by atoms with E-state index in [2.05, 4.69) is 93.0 Å². The first-order valence-corrected chi connectivity index (χ1v) is 12.5. The van der Waals surface area contributed by atoms with Crippen LogP contribution in [0.3, 0.4) is 0 Å². The molecular formula is C21H25ClInN2-. The zero-order valence-corrected chi connectivity index (χ0v) is 19.9. The fraction of sp³-hybridized carbons (Fsp3) is 0.286. The van der Waals surface area contributed by atoms with Crippen LogP contribution in [0.1, 0.15) is 33.4 Å². The van der Waals surface area contributed by atoms with Gasteiger partial charge in [0, 0.05) is 0 Å². The number of imidazole rings is 1. The van der Waals surface area contributed by atoms with Gasteiger partial charge < -0.3 is 0 Å². The molecule has 0 atom stereocenters. The number of hydrogen-bond donors (Lipinski definition) is 0. The summed E-state index contributed by atoms with van der Waals surface area (Å²) in [5.74, 6) is 0. The molecule has 0 fully saturated rings. The maximum absolute atomic E-state index is 4.77. The van der Waals surface area contributed by atoms with E-state index in [0.29, 0.717) is 0 Å². The summed E-state index contributed by atoms with van der Waals surface area (Å²) < 4.78 is 4.45. The molecule has 3 aromatic rings. The predicted octanol–water partition coefficient (Wildman–Crippen LogP) is 3.74. The van der Waals surface area contributed by atoms with Gasteiger partial charge >= 0.3 is 38.1 Å². The van der Waals surface area contributed by atoms with Crippen molar-refractivity contribution in [1.29, 1.82) is 0 Å². The quantitative estimate of drug-likeness (QED) is 0.362. The average molecular weight is 456 g/mol. The van der Waals surface area contributed by atoms with E-state index in [0.717, 1.165) is 23.2 Å². The Balaban J connectivity index is 0.00000109. The fourth-order valence-electron chi connectivity index (χ4n) is 3.78. The summed E-state index contributed by atoms with van der Waals surface area (Å²) in [6.45, 7) is 13.0. The van der Waals surface area contributed by atoms with Crippen LogP contribution in [-0.2, 0) is 0 Å². The van der Waals surface area contributed by atoms with E-state index in [9.17, 15) is 0 Å². The van der Waals surface area contributed by atoms with Crippen molar-refractivity contribution >= 4 is 31.8 Å². The molecule has 0 aliphatic rings. The Hall–Kier alpha value is -1.19. The van der Waals surface area contributed by atoms with Gasteiger partial charge in [-0.15, -0.1) is 22.3 Å². The van der Waals surface area contributed by atoms with Crippen molar-refractivity contribution in [3.63, 3.8) is 0 Å². The maximum atomic E-state index is 4.77. The van der Waals surface area contributed by atoms with Crippen LogP contribution in [0.15, 0.2) is 43.0 Å². The summed E-state index contributed by atoms with van der Waals surface area (Å²) in [6, 6.07) is 8.98. The summed E-state index contributed by atoms with van der Waals surface area (Å²) in [6.07, 6.45) is 6.46. The van der Waals surface area contributed by atoms with Gasteiger partial charge in [-0.1, -0.05) is 41.5 Å². The Morgan fingerprint density at radius 3 is 1.28 bits per heavy atom. The zero-order valence-electron chi connectivity index (χ0n) is 15.9. The van der Waals surface area contributed by atoms with Gasteiger partial charge in [0.15, 0.2) is 0 Å². The van der Waals surface area contributed by atoms with Gasteiger partial charge in [-0.2, -0.15) is 35.4 Å². The van der Waals surface area contributed by atoms with E-state index >= 15 is 0 Å². The molecule has 0 N–H and O–H groups in total. The number of benzene rings is 2. The number of aryl methyl sites for hydroxylation is 6. The molecule has 0 amide bonds. The van der Waals surface area contributed by atoms with Crippen LogP contribution >= 0.6 is 8.58 Å². The van der Waals surface area contributed by atoms with E-state index in [1.165, 1.54) is 44.1 Å². The standard InChI is InChI=1S/C21H25N2.ClH.In/c1-14-9-16(3)20(17(4)10-14)22-7-8-23(13-22)21-18(5)11-15(2)12-19(21)6;;/h7-13H,1-6H3;1H;/q-1;;+1/p-1. The van der Waals surface area contributed by atoms with E-state index < -0.39 is 0 Å². The molecule has 3 rings (SSSR count). The Bertz CT molecular complexity index is 946. The molecule has 2 nitrogen and oxygen atoms in total. The molecule has 0 aliphatic heterocycles. The molecule has 1 heterocycles. The molecule has 25 heavy (non-hydrogen) atoms. The minimum atomic E-state index is 0.822. The van der Waals surface area contributed by atoms with Crippen LogP contribution in [0.25, 0.3) is 0 Å². The molecule has 0 unspecified atom stereocenters. The molecule has 0 spiro atoms. The average Bonchev–Trinajstić information content (AvgIpc) is 2.96. The van der Waals surface area contributed by atoms with Crippen LogP contribution in [0, 0.1) is 52.3 Å². The van der Waals surface area contributed by atoms with Gasteiger partial charge in [0.1, 0.15) is 12.4 Å². The summed E-state index contributed by atoms with van der Waals surface area (Å²) >= 11 is 0.822. The number of halogens is 1. The summed E-state index contributed by atoms with van der Waals surface area (Å²) in [5.41, 5.74) is 7.86. The Kier molecular flexibility index (Phi) is 6.81. The normalized spacial score (nSPS) is 10.4. The number of hydrogen-bond acceptors (Lipinski definition) is 0. The predicted molar refractivity (Wildman–Crippen MR) is 104 cm³/mol. The third-order valence-corrected chi connectivity index (χ3v) is 4.42. The first-order chi connectivity index (χ1) is 11.9. The van der Waals surface area contributed by atoms with E-state index in [-0.39, 0.29) is 0 Å². The second-order valence-electron chi connectivity index (χ2n) is 6.72. The Morgan fingerprint density at radius 2 is 1.00 bits per heavy atom. The Labute approximate surface area is 168 Å². The molecule has 2 radical (unpaired) electrons. The van der Waals surface area contributed by atoms with Gasteiger partial charge in [-0.05, 0) is 0 Å². The third kappa shape index (κ3) is 4.32. The molecule has 4 heteroatoms. The summed E-state index contributed by atoms with van der Waals surface area (Å²) in [7, 11) is 4.77. The number of aromatic nitrogens is 2. The minimum absolute atomic E-state index is 0.822. The Morgan fingerprint density at radius 1 is 0.720 bits per heavy atom. The van der Waals surface area contributed by atoms with Crippen molar-refractivity contribution in [3.05, 3.63) is 87.1 Å². The van der Waals surface area contributed by atoms with Gasteiger partial charge in [0.05, 0.1) is 10.7 Å². The molecule has 130 valence electrons. The molecule has 0 saturated carbocycles. The van der Waals surface area contributed by atoms with Crippen molar-refractivity contribution in [3.8, 4) is 0 Å². The second-order valence-corrected chi connectivity index (χ2v) is 6.72. The van der Waals surface area contributed by atoms with Crippen LogP contribution < -0.4 is 8.49 Å². The number of nitrogens with zero attached hydrogens (tertiary/aromatic N) is 2. The molecule has 1 aromatic heterocycles. The zero-order chi connectivity index (χ0) is 18.7. The van der Waals surface area contributed by atoms with Crippen LogP contribution in [0.2, 0.25) is 0 Å². The van der Waals surface area contributed by atoms with Gasteiger partial charge in [0.25, 0.3) is 0 Å². The first-order valence-electron chi connectivity index (χ1n) is 8.34. The van der Waals surface area contributed by atoms with E-state index in [4.69, 9.17) is 8.58 Å². The fourth-order valence-corrected chi connectivity index (χ4v) is 3.78. The van der Waals surface area contributed by atoms with Crippen molar-refractivity contribution in [1.82, 2.24) is 0 Å². The molecule has 0 aliphatic carbocycles. The van der Waals surface area contributed by atoms with Crippen molar-refractivity contribution in [2.24, 2.45) is 0 Å².